The van der Waals surface area contributed by atoms with Crippen molar-refractivity contribution in [1.82, 2.24) is 5.32 Å². The standard InChI is InChI=1S/C16H23NO6S/c1-16(2,24(3,21)22)15(20)17-11-12-6-8-13(9-7-12)23-10-4-5-14(18)19/h6-9H,4-5,10-11H2,1-3H3,(H,17,20)(H,18,19). The minimum atomic E-state index is -3.51. The van der Waals surface area contributed by atoms with Crippen molar-refractivity contribution in [1.29, 1.82) is 0 Å². The summed E-state index contributed by atoms with van der Waals surface area (Å²) in [4.78, 5) is 22.4. The van der Waals surface area contributed by atoms with Crippen LogP contribution in [0.25, 0.3) is 0 Å². The second kappa shape index (κ2) is 8.14. The lowest BCUT2D eigenvalue weighted by atomic mass is 10.1. The highest BCUT2D eigenvalue weighted by Crippen LogP contribution is 2.16. The molecule has 0 aliphatic heterocycles. The van der Waals surface area contributed by atoms with Crippen LogP contribution in [0.15, 0.2) is 24.3 Å². The Bertz CT molecular complexity index is 679. The molecule has 1 aromatic rings. The second-order valence-electron chi connectivity index (χ2n) is 5.95. The molecule has 8 heteroatoms. The van der Waals surface area contributed by atoms with Crippen LogP contribution < -0.4 is 10.1 Å². The maximum atomic E-state index is 12.0. The Kier molecular flexibility index (Phi) is 6.77. The summed E-state index contributed by atoms with van der Waals surface area (Å²) in [5.74, 6) is -0.812. The van der Waals surface area contributed by atoms with Crippen molar-refractivity contribution >= 4 is 21.7 Å². The van der Waals surface area contributed by atoms with Crippen LogP contribution >= 0.6 is 0 Å². The third-order valence-electron chi connectivity index (χ3n) is 3.65. The summed E-state index contributed by atoms with van der Waals surface area (Å²) in [5, 5.41) is 11.1. The van der Waals surface area contributed by atoms with Crippen molar-refractivity contribution in [3.05, 3.63) is 29.8 Å². The van der Waals surface area contributed by atoms with Gasteiger partial charge < -0.3 is 15.2 Å². The number of nitrogens with one attached hydrogen (secondary N) is 1. The predicted octanol–water partition coefficient (Wildman–Crippen LogP) is 1.37. The largest absolute Gasteiger partial charge is 0.494 e. The summed E-state index contributed by atoms with van der Waals surface area (Å²) >= 11 is 0. The molecule has 0 unspecified atom stereocenters. The van der Waals surface area contributed by atoms with E-state index in [1.165, 1.54) is 13.8 Å². The van der Waals surface area contributed by atoms with Gasteiger partial charge in [0.05, 0.1) is 6.61 Å². The monoisotopic (exact) mass is 357 g/mol. The molecule has 0 saturated heterocycles. The first-order valence-electron chi connectivity index (χ1n) is 7.45. The number of hydrogen-bond donors (Lipinski definition) is 2. The zero-order valence-corrected chi connectivity index (χ0v) is 14.9. The van der Waals surface area contributed by atoms with Crippen LogP contribution in [0.5, 0.6) is 5.75 Å². The molecule has 1 rings (SSSR count). The molecule has 0 fully saturated rings. The molecule has 7 nitrogen and oxygen atoms in total. The summed E-state index contributed by atoms with van der Waals surface area (Å²) in [6.45, 7) is 3.25. The number of rotatable bonds is 9. The number of aliphatic carboxylic acids is 1. The SMILES string of the molecule is CC(C)(C(=O)NCc1ccc(OCCCC(=O)O)cc1)S(C)(=O)=O. The van der Waals surface area contributed by atoms with Gasteiger partial charge in [-0.25, -0.2) is 8.42 Å². The van der Waals surface area contributed by atoms with E-state index in [4.69, 9.17) is 9.84 Å². The van der Waals surface area contributed by atoms with Crippen molar-refractivity contribution in [3.8, 4) is 5.75 Å². The summed E-state index contributed by atoms with van der Waals surface area (Å²) in [5.41, 5.74) is 0.797. The fourth-order valence-corrected chi connectivity index (χ4v) is 2.09. The Hall–Kier alpha value is -2.09. The van der Waals surface area contributed by atoms with Gasteiger partial charge in [0, 0.05) is 19.2 Å². The molecule has 0 atom stereocenters. The van der Waals surface area contributed by atoms with Crippen molar-refractivity contribution in [3.63, 3.8) is 0 Å². The quantitative estimate of drug-likeness (QED) is 0.646. The lowest BCUT2D eigenvalue weighted by Crippen LogP contribution is -2.47. The van der Waals surface area contributed by atoms with Gasteiger partial charge in [-0.15, -0.1) is 0 Å². The highest BCUT2D eigenvalue weighted by Gasteiger charge is 2.38. The van der Waals surface area contributed by atoms with E-state index in [0.717, 1.165) is 11.8 Å². The molecule has 2 N–H and O–H groups in total. The van der Waals surface area contributed by atoms with Crippen LogP contribution in [0, 0.1) is 0 Å². The number of sulfone groups is 1. The number of benzene rings is 1. The van der Waals surface area contributed by atoms with E-state index in [-0.39, 0.29) is 13.0 Å². The predicted molar refractivity (Wildman–Crippen MR) is 89.6 cm³/mol. The minimum absolute atomic E-state index is 0.0558. The van der Waals surface area contributed by atoms with E-state index >= 15 is 0 Å². The summed E-state index contributed by atoms with van der Waals surface area (Å²) in [7, 11) is -3.51. The molecule has 0 radical (unpaired) electrons. The normalized spacial score (nSPS) is 11.8. The number of ether oxygens (including phenoxy) is 1. The number of amides is 1. The van der Waals surface area contributed by atoms with Gasteiger partial charge in [-0.1, -0.05) is 12.1 Å². The lowest BCUT2D eigenvalue weighted by Gasteiger charge is -2.21. The number of carbonyl (C=O) groups excluding carboxylic acids is 1. The van der Waals surface area contributed by atoms with Crippen LogP contribution in [0.3, 0.4) is 0 Å². The zero-order valence-electron chi connectivity index (χ0n) is 14.0. The van der Waals surface area contributed by atoms with E-state index < -0.39 is 26.5 Å². The van der Waals surface area contributed by atoms with Crippen LogP contribution in [-0.2, 0) is 26.0 Å². The van der Waals surface area contributed by atoms with Gasteiger partial charge in [-0.05, 0) is 38.0 Å². The molecular weight excluding hydrogens is 334 g/mol. The van der Waals surface area contributed by atoms with Gasteiger partial charge in [0.25, 0.3) is 0 Å². The van der Waals surface area contributed by atoms with Crippen molar-refractivity contribution in [2.24, 2.45) is 0 Å². The van der Waals surface area contributed by atoms with Gasteiger partial charge in [-0.2, -0.15) is 0 Å². The maximum absolute atomic E-state index is 12.0. The fraction of sp³-hybridized carbons (Fsp3) is 0.500. The van der Waals surface area contributed by atoms with Gasteiger partial charge in [-0.3, -0.25) is 9.59 Å². The first-order valence-corrected chi connectivity index (χ1v) is 9.34. The molecule has 0 aromatic heterocycles. The molecule has 134 valence electrons. The molecule has 0 aliphatic rings. The lowest BCUT2D eigenvalue weighted by molar-refractivity contribution is -0.137. The smallest absolute Gasteiger partial charge is 0.303 e. The highest BCUT2D eigenvalue weighted by molar-refractivity contribution is 7.92. The van der Waals surface area contributed by atoms with Crippen molar-refractivity contribution in [2.45, 2.75) is 38.0 Å². The van der Waals surface area contributed by atoms with E-state index in [1.807, 2.05) is 0 Å². The summed E-state index contributed by atoms with van der Waals surface area (Å²) < 4.78 is 27.1. The molecule has 0 saturated carbocycles. The molecule has 1 aromatic carbocycles. The van der Waals surface area contributed by atoms with E-state index in [1.54, 1.807) is 24.3 Å². The third-order valence-corrected chi connectivity index (χ3v) is 5.69. The minimum Gasteiger partial charge on any atom is -0.494 e. The first kappa shape index (κ1) is 20.0. The highest BCUT2D eigenvalue weighted by atomic mass is 32.2. The van der Waals surface area contributed by atoms with Gasteiger partial charge in [0.2, 0.25) is 5.91 Å². The summed E-state index contributed by atoms with van der Waals surface area (Å²) in [6.07, 6.45) is 1.51. The van der Waals surface area contributed by atoms with Gasteiger partial charge >= 0.3 is 5.97 Å². The molecular formula is C16H23NO6S. The van der Waals surface area contributed by atoms with E-state index in [9.17, 15) is 18.0 Å². The molecule has 0 bridgehead atoms. The van der Waals surface area contributed by atoms with Crippen molar-refractivity contribution < 1.29 is 27.9 Å². The number of carboxylic acid groups (broad SMARTS) is 1. The van der Waals surface area contributed by atoms with Crippen LogP contribution in [0.2, 0.25) is 0 Å². The first-order chi connectivity index (χ1) is 11.0. The second-order valence-corrected chi connectivity index (χ2v) is 8.52. The van der Waals surface area contributed by atoms with E-state index in [2.05, 4.69) is 5.32 Å². The maximum Gasteiger partial charge on any atom is 0.303 e. The molecule has 1 amide bonds. The Balaban J connectivity index is 2.50. The number of carbonyl (C=O) groups is 2. The zero-order chi connectivity index (χ0) is 18.4. The van der Waals surface area contributed by atoms with E-state index in [0.29, 0.717) is 18.8 Å². The Morgan fingerprint density at radius 1 is 1.21 bits per heavy atom. The summed E-state index contributed by atoms with van der Waals surface area (Å²) in [6, 6.07) is 6.93. The Morgan fingerprint density at radius 3 is 2.29 bits per heavy atom. The van der Waals surface area contributed by atoms with Crippen LogP contribution in [-0.4, -0.2) is 43.0 Å². The fourth-order valence-electron chi connectivity index (χ4n) is 1.68. The number of hydrogen-bond acceptors (Lipinski definition) is 5. The number of carboxylic acids is 1. The molecule has 24 heavy (non-hydrogen) atoms. The Labute approximate surface area is 141 Å². The molecule has 0 aliphatic carbocycles. The van der Waals surface area contributed by atoms with Crippen LogP contribution in [0.1, 0.15) is 32.3 Å². The molecule has 0 spiro atoms. The Morgan fingerprint density at radius 2 is 1.79 bits per heavy atom. The average Bonchev–Trinajstić information content (AvgIpc) is 2.49. The average molecular weight is 357 g/mol. The van der Waals surface area contributed by atoms with Gasteiger partial charge in [0.1, 0.15) is 10.5 Å². The van der Waals surface area contributed by atoms with Crippen molar-refractivity contribution in [2.75, 3.05) is 12.9 Å². The molecule has 0 heterocycles. The van der Waals surface area contributed by atoms with Gasteiger partial charge in [0.15, 0.2) is 9.84 Å². The third kappa shape index (κ3) is 5.84. The van der Waals surface area contributed by atoms with Crippen LogP contribution in [0.4, 0.5) is 0 Å². The topological polar surface area (TPSA) is 110 Å².